The average molecular weight is 270 g/mol. The number of nitrogens with one attached hydrogen (secondary N) is 1. The van der Waals surface area contributed by atoms with Crippen LogP contribution in [0.3, 0.4) is 0 Å². The van der Waals surface area contributed by atoms with Gasteiger partial charge in [-0.3, -0.25) is 4.79 Å². The smallest absolute Gasteiger partial charge is 0.328 e. The van der Waals surface area contributed by atoms with E-state index in [-0.39, 0.29) is 5.91 Å². The number of H-pyrrole nitrogens is 1. The molecule has 5 nitrogen and oxygen atoms in total. The highest BCUT2D eigenvalue weighted by atomic mass is 16.4. The van der Waals surface area contributed by atoms with E-state index in [0.717, 1.165) is 40.7 Å². The van der Waals surface area contributed by atoms with Crippen LogP contribution in [0.4, 0.5) is 0 Å². The molecule has 0 saturated heterocycles. The monoisotopic (exact) mass is 270 g/mol. The van der Waals surface area contributed by atoms with E-state index in [1.807, 2.05) is 24.3 Å². The first-order chi connectivity index (χ1) is 9.65. The number of carboxylic acid groups (broad SMARTS) is 1. The van der Waals surface area contributed by atoms with Crippen molar-refractivity contribution in [1.82, 2.24) is 9.88 Å². The van der Waals surface area contributed by atoms with Gasteiger partial charge in [-0.1, -0.05) is 18.2 Å². The lowest BCUT2D eigenvalue weighted by Crippen LogP contribution is -2.34. The highest BCUT2D eigenvalue weighted by molar-refractivity contribution is 5.94. The van der Waals surface area contributed by atoms with Gasteiger partial charge in [-0.05, 0) is 6.07 Å². The van der Waals surface area contributed by atoms with Crippen molar-refractivity contribution in [3.05, 3.63) is 47.7 Å². The predicted octanol–water partition coefficient (Wildman–Crippen LogP) is 1.69. The quantitative estimate of drug-likeness (QED) is 0.816. The standard InChI is InChI=1S/C15H14N2O3/c18-14(5-6-15(19)20)17-8-7-13-11(9-17)10-3-1-2-4-12(10)16-13/h1-6,16H,7-9H2,(H,19,20)/b6-5+. The number of benzene rings is 1. The molecule has 0 aliphatic carbocycles. The highest BCUT2D eigenvalue weighted by Crippen LogP contribution is 2.27. The molecule has 0 bridgehead atoms. The minimum Gasteiger partial charge on any atom is -0.478 e. The van der Waals surface area contributed by atoms with Crippen molar-refractivity contribution in [1.29, 1.82) is 0 Å². The maximum Gasteiger partial charge on any atom is 0.328 e. The zero-order chi connectivity index (χ0) is 14.1. The number of aromatic nitrogens is 1. The van der Waals surface area contributed by atoms with Gasteiger partial charge in [0.1, 0.15) is 0 Å². The third kappa shape index (κ3) is 2.18. The predicted molar refractivity (Wildman–Crippen MR) is 74.2 cm³/mol. The summed E-state index contributed by atoms with van der Waals surface area (Å²) in [5, 5.41) is 9.69. The van der Waals surface area contributed by atoms with Gasteiger partial charge in [0.25, 0.3) is 0 Å². The van der Waals surface area contributed by atoms with E-state index in [2.05, 4.69) is 4.98 Å². The second-order valence-corrected chi connectivity index (χ2v) is 4.81. The topological polar surface area (TPSA) is 73.4 Å². The second kappa shape index (κ2) is 4.85. The molecule has 2 heterocycles. The van der Waals surface area contributed by atoms with Gasteiger partial charge in [-0.25, -0.2) is 4.79 Å². The molecule has 1 amide bonds. The van der Waals surface area contributed by atoms with E-state index in [0.29, 0.717) is 13.1 Å². The molecule has 1 aliphatic rings. The lowest BCUT2D eigenvalue weighted by atomic mass is 10.0. The van der Waals surface area contributed by atoms with Gasteiger partial charge in [0.05, 0.1) is 0 Å². The maximum atomic E-state index is 11.9. The molecular formula is C15H14N2O3. The van der Waals surface area contributed by atoms with Gasteiger partial charge in [0.2, 0.25) is 5.91 Å². The lowest BCUT2D eigenvalue weighted by Gasteiger charge is -2.26. The summed E-state index contributed by atoms with van der Waals surface area (Å²) in [4.78, 5) is 27.4. The normalized spacial score (nSPS) is 14.7. The van der Waals surface area contributed by atoms with Crippen LogP contribution in [0.25, 0.3) is 10.9 Å². The van der Waals surface area contributed by atoms with E-state index in [9.17, 15) is 9.59 Å². The van der Waals surface area contributed by atoms with Crippen LogP contribution in [0.15, 0.2) is 36.4 Å². The summed E-state index contributed by atoms with van der Waals surface area (Å²) in [5.41, 5.74) is 3.37. The molecule has 1 aromatic carbocycles. The molecule has 0 unspecified atom stereocenters. The van der Waals surface area contributed by atoms with E-state index >= 15 is 0 Å². The van der Waals surface area contributed by atoms with Crippen LogP contribution in [0, 0.1) is 0 Å². The molecular weight excluding hydrogens is 256 g/mol. The van der Waals surface area contributed by atoms with Crippen molar-refractivity contribution in [3.8, 4) is 0 Å². The summed E-state index contributed by atoms with van der Waals surface area (Å²) in [6.07, 6.45) is 2.76. The van der Waals surface area contributed by atoms with Crippen LogP contribution >= 0.6 is 0 Å². The minimum atomic E-state index is -1.11. The molecule has 0 radical (unpaired) electrons. The first-order valence-electron chi connectivity index (χ1n) is 6.43. The third-order valence-electron chi connectivity index (χ3n) is 3.56. The Hall–Kier alpha value is -2.56. The zero-order valence-corrected chi connectivity index (χ0v) is 10.8. The van der Waals surface area contributed by atoms with Crippen molar-refractivity contribution in [2.24, 2.45) is 0 Å². The number of aliphatic carboxylic acids is 1. The third-order valence-corrected chi connectivity index (χ3v) is 3.56. The SMILES string of the molecule is O=C(O)/C=C/C(=O)N1CCc2[nH]c3ccccc3c2C1. The summed E-state index contributed by atoms with van der Waals surface area (Å²) in [6, 6.07) is 8.00. The van der Waals surface area contributed by atoms with Gasteiger partial charge >= 0.3 is 5.97 Å². The molecule has 2 aromatic rings. The van der Waals surface area contributed by atoms with Gasteiger partial charge < -0.3 is 15.0 Å². The Morgan fingerprint density at radius 2 is 2.05 bits per heavy atom. The molecule has 2 N–H and O–H groups in total. The number of para-hydroxylation sites is 1. The van der Waals surface area contributed by atoms with Crippen molar-refractivity contribution in [3.63, 3.8) is 0 Å². The molecule has 1 aliphatic heterocycles. The van der Waals surface area contributed by atoms with Crippen LogP contribution in [0.5, 0.6) is 0 Å². The fraction of sp³-hybridized carbons (Fsp3) is 0.200. The fourth-order valence-corrected chi connectivity index (χ4v) is 2.60. The summed E-state index contributed by atoms with van der Waals surface area (Å²) >= 11 is 0. The fourth-order valence-electron chi connectivity index (χ4n) is 2.60. The van der Waals surface area contributed by atoms with Gasteiger partial charge in [-0.15, -0.1) is 0 Å². The number of nitrogens with zero attached hydrogens (tertiary/aromatic N) is 1. The average Bonchev–Trinajstić information content (AvgIpc) is 2.82. The Morgan fingerprint density at radius 3 is 2.85 bits per heavy atom. The molecule has 0 fully saturated rings. The Kier molecular flexibility index (Phi) is 3.02. The number of aromatic amines is 1. The molecule has 20 heavy (non-hydrogen) atoms. The van der Waals surface area contributed by atoms with Gasteiger partial charge in [-0.2, -0.15) is 0 Å². The first kappa shape index (κ1) is 12.5. The number of hydrogen-bond acceptors (Lipinski definition) is 2. The van der Waals surface area contributed by atoms with Crippen LogP contribution in [0.1, 0.15) is 11.3 Å². The van der Waals surface area contributed by atoms with Crippen LogP contribution in [-0.2, 0) is 22.6 Å². The molecule has 3 rings (SSSR count). The Labute approximate surface area is 115 Å². The van der Waals surface area contributed by atoms with E-state index in [1.54, 1.807) is 4.90 Å². The summed E-state index contributed by atoms with van der Waals surface area (Å²) in [5.74, 6) is -1.37. The maximum absolute atomic E-state index is 11.9. The molecule has 0 saturated carbocycles. The minimum absolute atomic E-state index is 0.261. The second-order valence-electron chi connectivity index (χ2n) is 4.81. The molecule has 102 valence electrons. The van der Waals surface area contributed by atoms with Gasteiger partial charge in [0.15, 0.2) is 0 Å². The molecule has 0 spiro atoms. The van der Waals surface area contributed by atoms with Crippen LogP contribution < -0.4 is 0 Å². The number of carbonyl (C=O) groups excluding carboxylic acids is 1. The summed E-state index contributed by atoms with van der Waals surface area (Å²) in [6.45, 7) is 1.12. The number of amides is 1. The van der Waals surface area contributed by atoms with Crippen molar-refractivity contribution in [2.45, 2.75) is 13.0 Å². The molecule has 1 aromatic heterocycles. The summed E-state index contributed by atoms with van der Waals surface area (Å²) in [7, 11) is 0. The number of carboxylic acids is 1. The number of carbonyl (C=O) groups is 2. The van der Waals surface area contributed by atoms with Crippen molar-refractivity contribution in [2.75, 3.05) is 6.54 Å². The zero-order valence-electron chi connectivity index (χ0n) is 10.8. The first-order valence-corrected chi connectivity index (χ1v) is 6.43. The summed E-state index contributed by atoms with van der Waals surface area (Å²) < 4.78 is 0. The lowest BCUT2D eigenvalue weighted by molar-refractivity contribution is -0.132. The van der Waals surface area contributed by atoms with E-state index < -0.39 is 5.97 Å². The molecule has 5 heteroatoms. The Bertz CT molecular complexity index is 715. The van der Waals surface area contributed by atoms with E-state index in [4.69, 9.17) is 5.11 Å². The van der Waals surface area contributed by atoms with Crippen LogP contribution in [0.2, 0.25) is 0 Å². The largest absolute Gasteiger partial charge is 0.478 e. The van der Waals surface area contributed by atoms with Crippen molar-refractivity contribution >= 4 is 22.8 Å². The molecule has 0 atom stereocenters. The Morgan fingerprint density at radius 1 is 1.25 bits per heavy atom. The highest BCUT2D eigenvalue weighted by Gasteiger charge is 2.22. The van der Waals surface area contributed by atoms with Crippen LogP contribution in [-0.4, -0.2) is 33.4 Å². The number of hydrogen-bond donors (Lipinski definition) is 2. The number of fused-ring (bicyclic) bond motifs is 3. The van der Waals surface area contributed by atoms with Crippen molar-refractivity contribution < 1.29 is 14.7 Å². The number of rotatable bonds is 2. The van der Waals surface area contributed by atoms with E-state index in [1.165, 1.54) is 0 Å². The van der Waals surface area contributed by atoms with Gasteiger partial charge in [0, 0.05) is 53.8 Å². The Balaban J connectivity index is 1.88.